The first kappa shape index (κ1) is 15.1. The van der Waals surface area contributed by atoms with Gasteiger partial charge in [0, 0.05) is 12.2 Å². The molecule has 3 rings (SSSR count). The molecule has 118 valence electrons. The summed E-state index contributed by atoms with van der Waals surface area (Å²) in [5, 5.41) is 0. The van der Waals surface area contributed by atoms with Gasteiger partial charge >= 0.3 is 5.97 Å². The maximum Gasteiger partial charge on any atom is 0.337 e. The number of para-hydroxylation sites is 1. The van der Waals surface area contributed by atoms with E-state index in [1.165, 1.54) is 7.11 Å². The van der Waals surface area contributed by atoms with E-state index < -0.39 is 0 Å². The van der Waals surface area contributed by atoms with Gasteiger partial charge in [0.05, 0.1) is 12.7 Å². The zero-order valence-corrected chi connectivity index (χ0v) is 12.8. The lowest BCUT2D eigenvalue weighted by molar-refractivity contribution is -0.120. The normalized spacial score (nSPS) is 12.7. The molecule has 0 aromatic heterocycles. The topological polar surface area (TPSA) is 55.8 Å². The smallest absolute Gasteiger partial charge is 0.337 e. The first-order valence-corrected chi connectivity index (χ1v) is 7.38. The van der Waals surface area contributed by atoms with Crippen molar-refractivity contribution >= 4 is 17.6 Å². The predicted octanol–water partition coefficient (Wildman–Crippen LogP) is 2.44. The number of rotatable bonds is 4. The third kappa shape index (κ3) is 3.18. The van der Waals surface area contributed by atoms with Crippen molar-refractivity contribution in [3.63, 3.8) is 0 Å². The summed E-state index contributed by atoms with van der Waals surface area (Å²) < 4.78 is 10.2. The van der Waals surface area contributed by atoms with Crippen molar-refractivity contribution < 1.29 is 19.1 Å². The van der Waals surface area contributed by atoms with E-state index in [0.29, 0.717) is 17.9 Å². The number of hydrogen-bond acceptors (Lipinski definition) is 4. The minimum absolute atomic E-state index is 0.0117. The highest BCUT2D eigenvalue weighted by Crippen LogP contribution is 2.29. The van der Waals surface area contributed by atoms with Crippen molar-refractivity contribution in [3.8, 4) is 5.75 Å². The van der Waals surface area contributed by atoms with Gasteiger partial charge in [-0.25, -0.2) is 4.79 Å². The fourth-order valence-electron chi connectivity index (χ4n) is 2.65. The summed E-state index contributed by atoms with van der Waals surface area (Å²) in [6.07, 6.45) is 0.719. The Balaban J connectivity index is 1.69. The molecule has 1 aliphatic rings. The highest BCUT2D eigenvalue weighted by Gasteiger charge is 2.25. The van der Waals surface area contributed by atoms with E-state index >= 15 is 0 Å². The second kappa shape index (κ2) is 6.52. The Morgan fingerprint density at radius 2 is 1.91 bits per heavy atom. The molecular formula is C18H17NO4. The highest BCUT2D eigenvalue weighted by atomic mass is 16.5. The van der Waals surface area contributed by atoms with Crippen LogP contribution in [0, 0.1) is 0 Å². The number of esters is 1. The third-order valence-corrected chi connectivity index (χ3v) is 3.80. The maximum absolute atomic E-state index is 12.4. The molecule has 2 aromatic rings. The minimum Gasteiger partial charge on any atom is -0.484 e. The van der Waals surface area contributed by atoms with E-state index in [1.54, 1.807) is 23.1 Å². The van der Waals surface area contributed by atoms with Gasteiger partial charge in [-0.05, 0) is 42.3 Å². The zero-order chi connectivity index (χ0) is 16.2. The number of amides is 1. The molecule has 1 amide bonds. The van der Waals surface area contributed by atoms with Crippen LogP contribution in [0.4, 0.5) is 5.69 Å². The van der Waals surface area contributed by atoms with Crippen LogP contribution in [-0.2, 0) is 16.0 Å². The van der Waals surface area contributed by atoms with Crippen LogP contribution < -0.4 is 9.64 Å². The fourth-order valence-corrected chi connectivity index (χ4v) is 2.65. The molecule has 0 N–H and O–H groups in total. The van der Waals surface area contributed by atoms with Crippen LogP contribution >= 0.6 is 0 Å². The summed E-state index contributed by atoms with van der Waals surface area (Å²) in [5.41, 5.74) is 2.31. The molecule has 1 aliphatic heterocycles. The molecule has 1 heterocycles. The van der Waals surface area contributed by atoms with Crippen molar-refractivity contribution in [2.75, 3.05) is 25.2 Å². The van der Waals surface area contributed by atoms with Crippen LogP contribution in [0.2, 0.25) is 0 Å². The van der Waals surface area contributed by atoms with Gasteiger partial charge in [0.15, 0.2) is 6.61 Å². The van der Waals surface area contributed by atoms with E-state index in [0.717, 1.165) is 17.7 Å². The molecule has 2 aromatic carbocycles. The van der Waals surface area contributed by atoms with Gasteiger partial charge in [0.1, 0.15) is 5.75 Å². The van der Waals surface area contributed by atoms with E-state index in [1.807, 2.05) is 30.3 Å². The second-order valence-corrected chi connectivity index (χ2v) is 5.23. The van der Waals surface area contributed by atoms with Gasteiger partial charge in [-0.1, -0.05) is 18.2 Å². The number of fused-ring (bicyclic) bond motifs is 1. The van der Waals surface area contributed by atoms with Gasteiger partial charge < -0.3 is 14.4 Å². The van der Waals surface area contributed by atoms with Crippen LogP contribution in [0.3, 0.4) is 0 Å². The van der Waals surface area contributed by atoms with Crippen LogP contribution in [0.15, 0.2) is 48.5 Å². The van der Waals surface area contributed by atoms with Crippen LogP contribution in [0.5, 0.6) is 5.75 Å². The molecule has 0 fully saturated rings. The predicted molar refractivity (Wildman–Crippen MR) is 85.8 cm³/mol. The number of hydrogen-bond donors (Lipinski definition) is 0. The van der Waals surface area contributed by atoms with Crippen molar-refractivity contribution in [1.29, 1.82) is 0 Å². The number of carbonyl (C=O) groups excluding carboxylic acids is 2. The number of nitrogens with zero attached hydrogens (tertiary/aromatic N) is 1. The summed E-state index contributed by atoms with van der Waals surface area (Å²) in [6.45, 7) is 0.582. The van der Waals surface area contributed by atoms with Crippen LogP contribution in [-0.4, -0.2) is 32.1 Å². The van der Waals surface area contributed by atoms with E-state index in [9.17, 15) is 9.59 Å². The molecule has 0 aliphatic carbocycles. The Labute approximate surface area is 134 Å². The van der Waals surface area contributed by atoms with Crippen molar-refractivity contribution in [2.45, 2.75) is 6.42 Å². The third-order valence-electron chi connectivity index (χ3n) is 3.80. The quantitative estimate of drug-likeness (QED) is 0.814. The van der Waals surface area contributed by atoms with E-state index in [-0.39, 0.29) is 18.5 Å². The Morgan fingerprint density at radius 3 is 2.65 bits per heavy atom. The van der Waals surface area contributed by atoms with Crippen molar-refractivity contribution in [1.82, 2.24) is 0 Å². The summed E-state index contributed by atoms with van der Waals surface area (Å²) in [4.78, 5) is 25.6. The lowest BCUT2D eigenvalue weighted by atomic mass is 10.1. The molecule has 5 nitrogen and oxygen atoms in total. The Hall–Kier alpha value is -2.82. The average Bonchev–Trinajstić information content (AvgIpc) is 3.03. The summed E-state index contributed by atoms with van der Waals surface area (Å²) >= 11 is 0. The Bertz CT molecular complexity index is 727. The SMILES string of the molecule is COC(=O)c1ccc2c(c1)CCN2C(=O)COc1ccccc1. The molecule has 5 heteroatoms. The molecule has 0 unspecified atom stereocenters. The maximum atomic E-state index is 12.4. The molecule has 0 radical (unpaired) electrons. The van der Waals surface area contributed by atoms with Gasteiger partial charge in [-0.15, -0.1) is 0 Å². The van der Waals surface area contributed by atoms with Gasteiger partial charge in [0.25, 0.3) is 5.91 Å². The van der Waals surface area contributed by atoms with Gasteiger partial charge in [0.2, 0.25) is 0 Å². The summed E-state index contributed by atoms with van der Waals surface area (Å²) in [6, 6.07) is 14.5. The lowest BCUT2D eigenvalue weighted by Gasteiger charge is -2.17. The first-order chi connectivity index (χ1) is 11.2. The largest absolute Gasteiger partial charge is 0.484 e. The Morgan fingerprint density at radius 1 is 1.13 bits per heavy atom. The van der Waals surface area contributed by atoms with Crippen molar-refractivity contribution in [2.24, 2.45) is 0 Å². The molecule has 0 spiro atoms. The molecule has 23 heavy (non-hydrogen) atoms. The van der Waals surface area contributed by atoms with Gasteiger partial charge in [-0.2, -0.15) is 0 Å². The number of ether oxygens (including phenoxy) is 2. The monoisotopic (exact) mass is 311 g/mol. The summed E-state index contributed by atoms with van der Waals surface area (Å²) in [7, 11) is 1.35. The second-order valence-electron chi connectivity index (χ2n) is 5.23. The number of anilines is 1. The molecular weight excluding hydrogens is 294 g/mol. The standard InChI is InChI=1S/C18H17NO4/c1-22-18(21)14-7-8-16-13(11-14)9-10-19(16)17(20)12-23-15-5-3-2-4-6-15/h2-8,11H,9-10,12H2,1H3. The zero-order valence-electron chi connectivity index (χ0n) is 12.8. The number of methoxy groups -OCH3 is 1. The van der Waals surface area contributed by atoms with Crippen LogP contribution in [0.25, 0.3) is 0 Å². The highest BCUT2D eigenvalue weighted by molar-refractivity contribution is 5.98. The fraction of sp³-hybridized carbons (Fsp3) is 0.222. The Kier molecular flexibility index (Phi) is 4.28. The molecule has 0 saturated heterocycles. The van der Waals surface area contributed by atoms with Crippen molar-refractivity contribution in [3.05, 3.63) is 59.7 Å². The van der Waals surface area contributed by atoms with Crippen LogP contribution in [0.1, 0.15) is 15.9 Å². The molecule has 0 saturated carbocycles. The summed E-state index contributed by atoms with van der Waals surface area (Å²) in [5.74, 6) is 0.199. The van der Waals surface area contributed by atoms with Gasteiger partial charge in [-0.3, -0.25) is 4.79 Å². The number of benzene rings is 2. The lowest BCUT2D eigenvalue weighted by Crippen LogP contribution is -2.33. The van der Waals surface area contributed by atoms with E-state index in [2.05, 4.69) is 0 Å². The molecule has 0 atom stereocenters. The van der Waals surface area contributed by atoms with E-state index in [4.69, 9.17) is 9.47 Å². The first-order valence-electron chi connectivity index (χ1n) is 7.38. The minimum atomic E-state index is -0.370. The average molecular weight is 311 g/mol. The number of carbonyl (C=O) groups is 2. The molecule has 0 bridgehead atoms.